The standard InChI is InChI=1S/C15H19NO4/c1-9-7-11(20-2)5-6-12(9)15(19)13(8-14(17)18)16-10-3-4-10/h5-7,10,13,16H,3-4,8H2,1-2H3,(H,17,18). The quantitative estimate of drug-likeness (QED) is 0.743. The van der Waals surface area contributed by atoms with E-state index < -0.39 is 12.0 Å². The van der Waals surface area contributed by atoms with Crippen molar-refractivity contribution in [1.82, 2.24) is 5.32 Å². The van der Waals surface area contributed by atoms with Crippen LogP contribution in [0.1, 0.15) is 35.2 Å². The fourth-order valence-corrected chi connectivity index (χ4v) is 2.16. The van der Waals surface area contributed by atoms with Crippen LogP contribution in [0.2, 0.25) is 0 Å². The van der Waals surface area contributed by atoms with Crippen molar-refractivity contribution in [1.29, 1.82) is 0 Å². The van der Waals surface area contributed by atoms with Gasteiger partial charge in [0.2, 0.25) is 0 Å². The van der Waals surface area contributed by atoms with Crippen molar-refractivity contribution in [2.75, 3.05) is 7.11 Å². The summed E-state index contributed by atoms with van der Waals surface area (Å²) in [7, 11) is 1.57. The third-order valence-electron chi connectivity index (χ3n) is 3.41. The Morgan fingerprint density at radius 3 is 2.65 bits per heavy atom. The second-order valence-electron chi connectivity index (χ2n) is 5.14. The van der Waals surface area contributed by atoms with Gasteiger partial charge in [-0.15, -0.1) is 0 Å². The number of benzene rings is 1. The van der Waals surface area contributed by atoms with Gasteiger partial charge < -0.3 is 15.2 Å². The van der Waals surface area contributed by atoms with Gasteiger partial charge in [0, 0.05) is 11.6 Å². The van der Waals surface area contributed by atoms with E-state index in [0.717, 1.165) is 18.4 Å². The first-order valence-corrected chi connectivity index (χ1v) is 6.68. The maximum Gasteiger partial charge on any atom is 0.305 e. The molecular formula is C15H19NO4. The predicted molar refractivity (Wildman–Crippen MR) is 74.3 cm³/mol. The zero-order valence-corrected chi connectivity index (χ0v) is 11.7. The molecule has 1 aliphatic carbocycles. The molecule has 0 aliphatic heterocycles. The van der Waals surface area contributed by atoms with E-state index in [1.54, 1.807) is 25.3 Å². The van der Waals surface area contributed by atoms with E-state index in [1.807, 2.05) is 6.92 Å². The maximum absolute atomic E-state index is 12.5. The van der Waals surface area contributed by atoms with Gasteiger partial charge in [0.15, 0.2) is 5.78 Å². The number of aliphatic carboxylic acids is 1. The van der Waals surface area contributed by atoms with E-state index in [2.05, 4.69) is 5.32 Å². The first-order valence-electron chi connectivity index (χ1n) is 6.68. The summed E-state index contributed by atoms with van der Waals surface area (Å²) in [5.41, 5.74) is 1.34. The van der Waals surface area contributed by atoms with Gasteiger partial charge in [0.1, 0.15) is 5.75 Å². The average Bonchev–Trinajstić information content (AvgIpc) is 3.20. The van der Waals surface area contributed by atoms with Crippen LogP contribution >= 0.6 is 0 Å². The van der Waals surface area contributed by atoms with Gasteiger partial charge in [-0.25, -0.2) is 0 Å². The van der Waals surface area contributed by atoms with Gasteiger partial charge in [-0.2, -0.15) is 0 Å². The molecule has 1 saturated carbocycles. The van der Waals surface area contributed by atoms with Crippen LogP contribution in [-0.2, 0) is 4.79 Å². The summed E-state index contributed by atoms with van der Waals surface area (Å²) in [6, 6.07) is 4.81. The van der Waals surface area contributed by atoms with Gasteiger partial charge >= 0.3 is 5.97 Å². The van der Waals surface area contributed by atoms with Gasteiger partial charge in [-0.1, -0.05) is 0 Å². The number of carboxylic acid groups (broad SMARTS) is 1. The number of carbonyl (C=O) groups excluding carboxylic acids is 1. The van der Waals surface area contributed by atoms with Crippen molar-refractivity contribution in [3.05, 3.63) is 29.3 Å². The van der Waals surface area contributed by atoms with Gasteiger partial charge in [0.25, 0.3) is 0 Å². The smallest absolute Gasteiger partial charge is 0.305 e. The third kappa shape index (κ3) is 3.57. The Hall–Kier alpha value is -1.88. The Morgan fingerprint density at radius 2 is 2.15 bits per heavy atom. The minimum atomic E-state index is -0.970. The molecule has 2 N–H and O–H groups in total. The third-order valence-corrected chi connectivity index (χ3v) is 3.41. The van der Waals surface area contributed by atoms with Crippen LogP contribution in [0.25, 0.3) is 0 Å². The molecule has 0 saturated heterocycles. The molecule has 20 heavy (non-hydrogen) atoms. The molecule has 0 spiro atoms. The minimum Gasteiger partial charge on any atom is -0.497 e. The molecule has 0 aromatic heterocycles. The van der Waals surface area contributed by atoms with E-state index in [1.165, 1.54) is 0 Å². The number of carboxylic acids is 1. The molecule has 1 atom stereocenters. The molecule has 1 aromatic rings. The molecule has 0 heterocycles. The number of ether oxygens (including phenoxy) is 1. The molecule has 1 fully saturated rings. The lowest BCUT2D eigenvalue weighted by atomic mass is 9.97. The lowest BCUT2D eigenvalue weighted by Crippen LogP contribution is -2.40. The van der Waals surface area contributed by atoms with Gasteiger partial charge in [0.05, 0.1) is 19.6 Å². The minimum absolute atomic E-state index is 0.167. The largest absolute Gasteiger partial charge is 0.497 e. The molecule has 1 aliphatic rings. The van der Waals surface area contributed by atoms with Gasteiger partial charge in [-0.3, -0.25) is 9.59 Å². The van der Waals surface area contributed by atoms with Crippen LogP contribution in [-0.4, -0.2) is 36.1 Å². The van der Waals surface area contributed by atoms with Crippen LogP contribution in [0.3, 0.4) is 0 Å². The maximum atomic E-state index is 12.5. The number of hydrogen-bond donors (Lipinski definition) is 2. The summed E-state index contributed by atoms with van der Waals surface area (Å²) < 4.78 is 5.11. The molecule has 0 radical (unpaired) electrons. The molecule has 2 rings (SSSR count). The van der Waals surface area contributed by atoms with Crippen LogP contribution in [0.4, 0.5) is 0 Å². The fourth-order valence-electron chi connectivity index (χ4n) is 2.16. The van der Waals surface area contributed by atoms with Crippen molar-refractivity contribution >= 4 is 11.8 Å². The highest BCUT2D eigenvalue weighted by molar-refractivity contribution is 6.03. The van der Waals surface area contributed by atoms with E-state index in [9.17, 15) is 9.59 Å². The van der Waals surface area contributed by atoms with Crippen molar-refractivity contribution in [2.45, 2.75) is 38.3 Å². The highest BCUT2D eigenvalue weighted by Gasteiger charge is 2.30. The second kappa shape index (κ2) is 6.05. The Balaban J connectivity index is 2.18. The van der Waals surface area contributed by atoms with Crippen LogP contribution in [0, 0.1) is 6.92 Å². The normalized spacial score (nSPS) is 15.7. The van der Waals surface area contributed by atoms with Crippen molar-refractivity contribution in [3.8, 4) is 5.75 Å². The zero-order valence-electron chi connectivity index (χ0n) is 11.7. The predicted octanol–water partition coefficient (Wildman–Crippen LogP) is 1.78. The van der Waals surface area contributed by atoms with Crippen molar-refractivity contribution in [3.63, 3.8) is 0 Å². The number of hydrogen-bond acceptors (Lipinski definition) is 4. The first-order chi connectivity index (χ1) is 9.51. The van der Waals surface area contributed by atoms with Gasteiger partial charge in [-0.05, 0) is 43.5 Å². The summed E-state index contributed by atoms with van der Waals surface area (Å²) in [5, 5.41) is 12.1. The summed E-state index contributed by atoms with van der Waals surface area (Å²) in [4.78, 5) is 23.4. The van der Waals surface area contributed by atoms with E-state index in [-0.39, 0.29) is 18.2 Å². The fraction of sp³-hybridized carbons (Fsp3) is 0.467. The zero-order chi connectivity index (χ0) is 14.7. The average molecular weight is 277 g/mol. The molecule has 108 valence electrons. The monoisotopic (exact) mass is 277 g/mol. The van der Waals surface area contributed by atoms with Crippen LogP contribution in [0.5, 0.6) is 5.75 Å². The molecule has 0 amide bonds. The summed E-state index contributed by atoms with van der Waals surface area (Å²) in [6.07, 6.45) is 1.82. The Labute approximate surface area is 117 Å². The first kappa shape index (κ1) is 14.5. The number of carbonyl (C=O) groups is 2. The molecule has 5 heteroatoms. The van der Waals surface area contributed by atoms with Crippen LogP contribution < -0.4 is 10.1 Å². The number of methoxy groups -OCH3 is 1. The molecule has 1 unspecified atom stereocenters. The summed E-state index contributed by atoms with van der Waals surface area (Å²) in [5.74, 6) is -0.453. The van der Waals surface area contributed by atoms with Crippen LogP contribution in [0.15, 0.2) is 18.2 Å². The van der Waals surface area contributed by atoms with Crippen molar-refractivity contribution in [2.24, 2.45) is 0 Å². The Bertz CT molecular complexity index is 523. The SMILES string of the molecule is COc1ccc(C(=O)C(CC(=O)O)NC2CC2)c(C)c1. The van der Waals surface area contributed by atoms with Crippen molar-refractivity contribution < 1.29 is 19.4 Å². The second-order valence-corrected chi connectivity index (χ2v) is 5.14. The number of rotatable bonds is 7. The molecule has 5 nitrogen and oxygen atoms in total. The molecular weight excluding hydrogens is 258 g/mol. The number of Topliss-reactive ketones (excluding diaryl/α,β-unsaturated/α-hetero) is 1. The topological polar surface area (TPSA) is 75.6 Å². The molecule has 0 bridgehead atoms. The summed E-state index contributed by atoms with van der Waals surface area (Å²) in [6.45, 7) is 1.82. The lowest BCUT2D eigenvalue weighted by Gasteiger charge is -2.17. The number of ketones is 1. The Kier molecular flexibility index (Phi) is 4.39. The lowest BCUT2D eigenvalue weighted by molar-refractivity contribution is -0.137. The molecule has 1 aromatic carbocycles. The van der Waals surface area contributed by atoms with E-state index >= 15 is 0 Å². The number of aryl methyl sites for hydroxylation is 1. The number of nitrogens with one attached hydrogen (secondary N) is 1. The van der Waals surface area contributed by atoms with E-state index in [4.69, 9.17) is 9.84 Å². The summed E-state index contributed by atoms with van der Waals surface area (Å²) >= 11 is 0. The highest BCUT2D eigenvalue weighted by atomic mass is 16.5. The Morgan fingerprint density at radius 1 is 1.45 bits per heavy atom. The highest BCUT2D eigenvalue weighted by Crippen LogP contribution is 2.23. The van der Waals surface area contributed by atoms with E-state index in [0.29, 0.717) is 11.3 Å².